The minimum atomic E-state index is 0.657. The van der Waals surface area contributed by atoms with Crippen LogP contribution in [0.5, 0.6) is 0 Å². The summed E-state index contributed by atoms with van der Waals surface area (Å²) >= 11 is 1.40. The van der Waals surface area contributed by atoms with Crippen LogP contribution >= 0.6 is 12.0 Å². The van der Waals surface area contributed by atoms with E-state index in [0.29, 0.717) is 12.2 Å². The fourth-order valence-electron chi connectivity index (χ4n) is 1.61. The van der Waals surface area contributed by atoms with E-state index in [4.69, 9.17) is 9.44 Å². The van der Waals surface area contributed by atoms with Gasteiger partial charge in [0.15, 0.2) is 0 Å². The Bertz CT molecular complexity index is 555. The van der Waals surface area contributed by atoms with Crippen molar-refractivity contribution in [2.45, 2.75) is 32.1 Å². The maximum Gasteiger partial charge on any atom is 0.0991 e. The SMILES string of the molecule is CC.Cc1ccc(SOCCc2ccc(C#N)cc2)cc1. The molecule has 2 aromatic rings. The summed E-state index contributed by atoms with van der Waals surface area (Å²) in [4.78, 5) is 1.12. The van der Waals surface area contributed by atoms with Crippen molar-refractivity contribution < 1.29 is 4.18 Å². The summed E-state index contributed by atoms with van der Waals surface area (Å²) in [5.74, 6) is 0. The first kappa shape index (κ1) is 17.3. The van der Waals surface area contributed by atoms with Crippen LogP contribution in [0, 0.1) is 18.3 Å². The van der Waals surface area contributed by atoms with Gasteiger partial charge < -0.3 is 4.18 Å². The van der Waals surface area contributed by atoms with Gasteiger partial charge in [0, 0.05) is 16.9 Å². The van der Waals surface area contributed by atoms with E-state index in [9.17, 15) is 0 Å². The largest absolute Gasteiger partial charge is 0.310 e. The Kier molecular flexibility index (Phi) is 8.27. The van der Waals surface area contributed by atoms with E-state index in [1.54, 1.807) is 0 Å². The van der Waals surface area contributed by atoms with Crippen molar-refractivity contribution in [1.29, 1.82) is 5.26 Å². The summed E-state index contributed by atoms with van der Waals surface area (Å²) < 4.78 is 5.57. The molecule has 2 nitrogen and oxygen atoms in total. The molecule has 0 bridgehead atoms. The van der Waals surface area contributed by atoms with Gasteiger partial charge in [-0.25, -0.2) is 0 Å². The van der Waals surface area contributed by atoms with Gasteiger partial charge in [-0.3, -0.25) is 0 Å². The second-order valence-electron chi connectivity index (χ2n) is 4.28. The third-order valence-electron chi connectivity index (χ3n) is 2.73. The summed E-state index contributed by atoms with van der Waals surface area (Å²) in [6.07, 6.45) is 0.852. The second kappa shape index (κ2) is 10.0. The van der Waals surface area contributed by atoms with Crippen molar-refractivity contribution in [3.05, 3.63) is 65.2 Å². The molecule has 0 heterocycles. The number of rotatable bonds is 5. The van der Waals surface area contributed by atoms with Gasteiger partial charge in [0.2, 0.25) is 0 Å². The third-order valence-corrected chi connectivity index (χ3v) is 3.48. The molecule has 0 saturated carbocycles. The number of benzene rings is 2. The molecule has 0 aliphatic rings. The highest BCUT2D eigenvalue weighted by atomic mass is 32.2. The van der Waals surface area contributed by atoms with E-state index in [0.717, 1.165) is 11.3 Å². The Morgan fingerprint density at radius 2 is 1.62 bits per heavy atom. The average Bonchev–Trinajstić information content (AvgIpc) is 2.56. The van der Waals surface area contributed by atoms with Crippen LogP contribution in [-0.4, -0.2) is 6.61 Å². The molecule has 0 amide bonds. The van der Waals surface area contributed by atoms with E-state index in [2.05, 4.69) is 37.3 Å². The third kappa shape index (κ3) is 6.48. The molecule has 21 heavy (non-hydrogen) atoms. The van der Waals surface area contributed by atoms with Crippen molar-refractivity contribution in [1.82, 2.24) is 0 Å². The summed E-state index contributed by atoms with van der Waals surface area (Å²) in [5, 5.41) is 8.71. The Balaban J connectivity index is 0.00000106. The molecule has 0 saturated heterocycles. The van der Waals surface area contributed by atoms with Gasteiger partial charge in [-0.05, 0) is 43.2 Å². The van der Waals surface area contributed by atoms with Gasteiger partial charge in [-0.2, -0.15) is 5.26 Å². The summed E-state index contributed by atoms with van der Waals surface area (Å²) in [6.45, 7) is 6.73. The first-order valence-electron chi connectivity index (χ1n) is 7.13. The molecule has 0 aromatic heterocycles. The fourth-order valence-corrected chi connectivity index (χ4v) is 2.16. The highest BCUT2D eigenvalue weighted by molar-refractivity contribution is 7.94. The van der Waals surface area contributed by atoms with Gasteiger partial charge >= 0.3 is 0 Å². The van der Waals surface area contributed by atoms with E-state index >= 15 is 0 Å². The van der Waals surface area contributed by atoms with Crippen LogP contribution in [0.2, 0.25) is 0 Å². The molecule has 0 unspecified atom stereocenters. The number of aryl methyl sites for hydroxylation is 1. The smallest absolute Gasteiger partial charge is 0.0991 e. The first-order chi connectivity index (χ1) is 10.3. The van der Waals surface area contributed by atoms with Crippen molar-refractivity contribution in [2.24, 2.45) is 0 Å². The molecule has 2 rings (SSSR count). The maximum absolute atomic E-state index is 8.71. The first-order valence-corrected chi connectivity index (χ1v) is 7.87. The molecule has 0 atom stereocenters. The summed E-state index contributed by atoms with van der Waals surface area (Å²) in [7, 11) is 0. The van der Waals surface area contributed by atoms with Crippen LogP contribution in [0.15, 0.2) is 53.4 Å². The molecule has 0 spiro atoms. The van der Waals surface area contributed by atoms with Crippen LogP contribution in [0.3, 0.4) is 0 Å². The molecule has 3 heteroatoms. The number of nitrogens with zero attached hydrogens (tertiary/aromatic N) is 1. The molecular weight excluding hydrogens is 278 g/mol. The van der Waals surface area contributed by atoms with Gasteiger partial charge in [-0.1, -0.05) is 43.7 Å². The van der Waals surface area contributed by atoms with Gasteiger partial charge in [0.1, 0.15) is 0 Å². The van der Waals surface area contributed by atoms with Crippen molar-refractivity contribution in [2.75, 3.05) is 6.61 Å². The number of hydrogen-bond acceptors (Lipinski definition) is 3. The quantitative estimate of drug-likeness (QED) is 0.565. The van der Waals surface area contributed by atoms with E-state index in [-0.39, 0.29) is 0 Å². The Hall–Kier alpha value is -1.76. The normalized spacial score (nSPS) is 9.43. The van der Waals surface area contributed by atoms with Crippen LogP contribution in [0.1, 0.15) is 30.5 Å². The molecule has 0 radical (unpaired) electrons. The average molecular weight is 299 g/mol. The zero-order chi connectivity index (χ0) is 15.5. The van der Waals surface area contributed by atoms with Crippen molar-refractivity contribution >= 4 is 12.0 Å². The monoisotopic (exact) mass is 299 g/mol. The minimum Gasteiger partial charge on any atom is -0.310 e. The molecule has 0 N–H and O–H groups in total. The second-order valence-corrected chi connectivity index (χ2v) is 5.15. The molecule has 0 aliphatic carbocycles. The van der Waals surface area contributed by atoms with Crippen LogP contribution < -0.4 is 0 Å². The Morgan fingerprint density at radius 1 is 1.00 bits per heavy atom. The summed E-state index contributed by atoms with van der Waals surface area (Å²) in [6, 6.07) is 18.0. The van der Waals surface area contributed by atoms with Crippen molar-refractivity contribution in [3.8, 4) is 6.07 Å². The summed E-state index contributed by atoms with van der Waals surface area (Å²) in [5.41, 5.74) is 3.13. The lowest BCUT2D eigenvalue weighted by molar-refractivity contribution is 0.379. The lowest BCUT2D eigenvalue weighted by Gasteiger charge is -2.03. The lowest BCUT2D eigenvalue weighted by Crippen LogP contribution is -1.93. The molecule has 110 valence electrons. The predicted octanol–water partition coefficient (Wildman–Crippen LogP) is 5.16. The highest BCUT2D eigenvalue weighted by Crippen LogP contribution is 2.19. The van der Waals surface area contributed by atoms with Gasteiger partial charge in [0.25, 0.3) is 0 Å². The van der Waals surface area contributed by atoms with Gasteiger partial charge in [0.05, 0.1) is 18.2 Å². The standard InChI is InChI=1S/C16H15NOS.C2H6/c1-13-2-8-16(9-3-13)19-18-11-10-14-4-6-15(12-17)7-5-14;1-2/h2-9H,10-11H2,1H3;1-2H3. The Labute approximate surface area is 132 Å². The van der Waals surface area contributed by atoms with E-state index in [1.807, 2.05) is 38.1 Å². The van der Waals surface area contributed by atoms with E-state index < -0.39 is 0 Å². The number of hydrogen-bond donors (Lipinski definition) is 0. The lowest BCUT2D eigenvalue weighted by atomic mass is 10.1. The molecular formula is C18H21NOS. The predicted molar refractivity (Wildman–Crippen MR) is 89.2 cm³/mol. The van der Waals surface area contributed by atoms with Crippen molar-refractivity contribution in [3.63, 3.8) is 0 Å². The van der Waals surface area contributed by atoms with Crippen LogP contribution in [0.25, 0.3) is 0 Å². The topological polar surface area (TPSA) is 33.0 Å². The zero-order valence-electron chi connectivity index (χ0n) is 12.8. The van der Waals surface area contributed by atoms with Crippen LogP contribution in [0.4, 0.5) is 0 Å². The molecule has 2 aromatic carbocycles. The number of nitriles is 1. The maximum atomic E-state index is 8.71. The highest BCUT2D eigenvalue weighted by Gasteiger charge is 1.97. The van der Waals surface area contributed by atoms with E-state index in [1.165, 1.54) is 23.2 Å². The minimum absolute atomic E-state index is 0.657. The Morgan fingerprint density at radius 3 is 2.19 bits per heavy atom. The zero-order valence-corrected chi connectivity index (χ0v) is 13.6. The molecule has 0 fully saturated rings. The van der Waals surface area contributed by atoms with Gasteiger partial charge in [-0.15, -0.1) is 0 Å². The fraction of sp³-hybridized carbons (Fsp3) is 0.278. The van der Waals surface area contributed by atoms with Crippen LogP contribution in [-0.2, 0) is 10.6 Å². The molecule has 0 aliphatic heterocycles.